The molecule has 1 heterocycles. The predicted molar refractivity (Wildman–Crippen MR) is 71.6 cm³/mol. The number of hydrogen-bond donors (Lipinski definition) is 0. The number of benzene rings is 1. The number of non-ortho nitro benzene ring substituents is 1. The molecule has 0 saturated heterocycles. The second kappa shape index (κ2) is 5.95. The number of nitrogens with zero attached hydrogens (tertiary/aromatic N) is 3. The lowest BCUT2D eigenvalue weighted by Gasteiger charge is -2.01. The Balaban J connectivity index is 2.45. The van der Waals surface area contributed by atoms with Crippen molar-refractivity contribution in [2.24, 2.45) is 0 Å². The Hall–Kier alpha value is -3.03. The summed E-state index contributed by atoms with van der Waals surface area (Å²) in [5, 5.41) is 14.7. The van der Waals surface area contributed by atoms with Crippen LogP contribution in [0.3, 0.4) is 0 Å². The Bertz CT molecular complexity index is 708. The number of carbonyl (C=O) groups is 2. The van der Waals surface area contributed by atoms with E-state index in [2.05, 4.69) is 5.10 Å². The Kier molecular flexibility index (Phi) is 4.07. The first kappa shape index (κ1) is 14.4. The lowest BCUT2D eigenvalue weighted by Crippen LogP contribution is -2.08. The van der Waals surface area contributed by atoms with Crippen molar-refractivity contribution in [1.29, 1.82) is 0 Å². The van der Waals surface area contributed by atoms with Crippen LogP contribution in [-0.2, 0) is 4.74 Å². The summed E-state index contributed by atoms with van der Waals surface area (Å²) in [6.07, 6.45) is 1.80. The molecule has 1 aromatic heterocycles. The van der Waals surface area contributed by atoms with Crippen molar-refractivity contribution in [2.75, 3.05) is 6.61 Å². The first-order valence-electron chi connectivity index (χ1n) is 6.03. The number of esters is 1. The second-order valence-electron chi connectivity index (χ2n) is 3.99. The van der Waals surface area contributed by atoms with Gasteiger partial charge in [0.05, 0.1) is 22.8 Å². The van der Waals surface area contributed by atoms with E-state index in [-0.39, 0.29) is 23.6 Å². The number of ether oxygens (including phenoxy) is 1. The number of nitro benzene ring substituents is 1. The van der Waals surface area contributed by atoms with Crippen molar-refractivity contribution in [1.82, 2.24) is 9.78 Å². The van der Waals surface area contributed by atoms with Crippen LogP contribution in [0.1, 0.15) is 27.8 Å². The minimum absolute atomic E-state index is 0.0555. The molecule has 0 unspecified atom stereocenters. The summed E-state index contributed by atoms with van der Waals surface area (Å²) in [4.78, 5) is 32.9. The van der Waals surface area contributed by atoms with Gasteiger partial charge in [0.1, 0.15) is 0 Å². The average molecular weight is 289 g/mol. The molecule has 0 aliphatic rings. The average Bonchev–Trinajstić information content (AvgIpc) is 2.92. The molecule has 2 aromatic rings. The molecule has 2 rings (SSSR count). The summed E-state index contributed by atoms with van der Waals surface area (Å²) in [5.41, 5.74) is 0.175. The minimum atomic E-state index is -0.719. The molecular weight excluding hydrogens is 278 g/mol. The van der Waals surface area contributed by atoms with Crippen LogP contribution < -0.4 is 0 Å². The first-order chi connectivity index (χ1) is 10.1. The van der Waals surface area contributed by atoms with E-state index < -0.39 is 10.9 Å². The quantitative estimate of drug-likeness (QED) is 0.359. The zero-order valence-electron chi connectivity index (χ0n) is 11.1. The molecule has 0 atom stereocenters. The third-order valence-electron chi connectivity index (χ3n) is 2.64. The normalized spacial score (nSPS) is 10.1. The number of hydrogen-bond acceptors (Lipinski definition) is 6. The van der Waals surface area contributed by atoms with Crippen molar-refractivity contribution in [3.63, 3.8) is 0 Å². The number of nitro groups is 1. The van der Waals surface area contributed by atoms with Crippen LogP contribution in [0.2, 0.25) is 0 Å². The van der Waals surface area contributed by atoms with Gasteiger partial charge in [0, 0.05) is 18.3 Å². The topological polar surface area (TPSA) is 104 Å². The molecule has 108 valence electrons. The molecule has 8 heteroatoms. The van der Waals surface area contributed by atoms with Crippen molar-refractivity contribution < 1.29 is 19.2 Å². The summed E-state index contributed by atoms with van der Waals surface area (Å²) >= 11 is 0. The van der Waals surface area contributed by atoms with E-state index in [9.17, 15) is 19.7 Å². The Morgan fingerprint density at radius 3 is 2.90 bits per heavy atom. The fourth-order valence-electron chi connectivity index (χ4n) is 1.71. The number of aldehydes is 1. The first-order valence-corrected chi connectivity index (χ1v) is 6.03. The molecule has 0 amide bonds. The van der Waals surface area contributed by atoms with Gasteiger partial charge < -0.3 is 4.74 Å². The Morgan fingerprint density at radius 1 is 1.52 bits per heavy atom. The third-order valence-corrected chi connectivity index (χ3v) is 2.64. The van der Waals surface area contributed by atoms with Gasteiger partial charge in [-0.2, -0.15) is 5.10 Å². The Morgan fingerprint density at radius 2 is 2.29 bits per heavy atom. The standard InChI is InChI=1S/C13H11N3O5/c1-2-21-13(18)12-9(8-17)7-15(14-12)10-4-3-5-11(6-10)16(19)20/h3-8H,2H2,1H3. The monoisotopic (exact) mass is 289 g/mol. The fourth-order valence-corrected chi connectivity index (χ4v) is 1.71. The highest BCUT2D eigenvalue weighted by Crippen LogP contribution is 2.18. The van der Waals surface area contributed by atoms with Gasteiger partial charge in [-0.3, -0.25) is 14.9 Å². The molecule has 0 radical (unpaired) electrons. The van der Waals surface area contributed by atoms with E-state index in [1.165, 1.54) is 29.1 Å². The predicted octanol–water partition coefficient (Wildman–Crippen LogP) is 1.77. The molecule has 21 heavy (non-hydrogen) atoms. The van der Waals surface area contributed by atoms with E-state index in [0.717, 1.165) is 0 Å². The van der Waals surface area contributed by atoms with Crippen LogP contribution in [-0.4, -0.2) is 33.6 Å². The smallest absolute Gasteiger partial charge is 0.359 e. The number of rotatable bonds is 5. The van der Waals surface area contributed by atoms with E-state index in [4.69, 9.17) is 4.74 Å². The van der Waals surface area contributed by atoms with Gasteiger partial charge in [-0.15, -0.1) is 0 Å². The van der Waals surface area contributed by atoms with E-state index in [1.54, 1.807) is 13.0 Å². The molecular formula is C13H11N3O5. The summed E-state index contributed by atoms with van der Waals surface area (Å²) in [6, 6.07) is 5.68. The zero-order chi connectivity index (χ0) is 15.4. The molecule has 0 saturated carbocycles. The number of carbonyl (C=O) groups excluding carboxylic acids is 2. The van der Waals surface area contributed by atoms with Gasteiger partial charge in [-0.05, 0) is 13.0 Å². The SMILES string of the molecule is CCOC(=O)c1nn(-c2cccc([N+](=O)[O-])c2)cc1C=O. The van der Waals surface area contributed by atoms with Gasteiger partial charge in [0.25, 0.3) is 5.69 Å². The summed E-state index contributed by atoms with van der Waals surface area (Å²) in [5.74, 6) is -0.719. The lowest BCUT2D eigenvalue weighted by molar-refractivity contribution is -0.384. The van der Waals surface area contributed by atoms with Gasteiger partial charge >= 0.3 is 5.97 Å². The van der Waals surface area contributed by atoms with Crippen LogP contribution in [0, 0.1) is 10.1 Å². The van der Waals surface area contributed by atoms with Gasteiger partial charge in [0.15, 0.2) is 12.0 Å². The van der Waals surface area contributed by atoms with Crippen molar-refractivity contribution in [3.8, 4) is 5.69 Å². The maximum Gasteiger partial charge on any atom is 0.359 e. The van der Waals surface area contributed by atoms with E-state index in [1.807, 2.05) is 0 Å². The molecule has 0 bridgehead atoms. The fraction of sp³-hybridized carbons (Fsp3) is 0.154. The highest BCUT2D eigenvalue weighted by Gasteiger charge is 2.18. The maximum atomic E-state index is 11.7. The number of aromatic nitrogens is 2. The van der Waals surface area contributed by atoms with Crippen LogP contribution in [0.25, 0.3) is 5.69 Å². The molecule has 1 aromatic carbocycles. The largest absolute Gasteiger partial charge is 0.461 e. The third kappa shape index (κ3) is 2.94. The van der Waals surface area contributed by atoms with Crippen LogP contribution >= 0.6 is 0 Å². The molecule has 0 fully saturated rings. The van der Waals surface area contributed by atoms with Crippen LogP contribution in [0.5, 0.6) is 0 Å². The highest BCUT2D eigenvalue weighted by atomic mass is 16.6. The molecule has 0 spiro atoms. The van der Waals surface area contributed by atoms with Crippen molar-refractivity contribution in [3.05, 3.63) is 51.8 Å². The molecule has 0 aliphatic heterocycles. The van der Waals surface area contributed by atoms with Crippen molar-refractivity contribution >= 4 is 17.9 Å². The van der Waals surface area contributed by atoms with Gasteiger partial charge in [0.2, 0.25) is 0 Å². The minimum Gasteiger partial charge on any atom is -0.461 e. The Labute approximate surface area is 119 Å². The second-order valence-corrected chi connectivity index (χ2v) is 3.99. The van der Waals surface area contributed by atoms with Crippen molar-refractivity contribution in [2.45, 2.75) is 6.92 Å². The van der Waals surface area contributed by atoms with E-state index >= 15 is 0 Å². The lowest BCUT2D eigenvalue weighted by atomic mass is 10.2. The molecule has 0 aliphatic carbocycles. The van der Waals surface area contributed by atoms with Gasteiger partial charge in [-0.1, -0.05) is 6.07 Å². The summed E-state index contributed by atoms with van der Waals surface area (Å²) in [7, 11) is 0. The van der Waals surface area contributed by atoms with Gasteiger partial charge in [-0.25, -0.2) is 9.48 Å². The van der Waals surface area contributed by atoms with Crippen LogP contribution in [0.15, 0.2) is 30.5 Å². The zero-order valence-corrected chi connectivity index (χ0v) is 11.1. The maximum absolute atomic E-state index is 11.7. The molecule has 8 nitrogen and oxygen atoms in total. The summed E-state index contributed by atoms with van der Waals surface area (Å²) < 4.78 is 6.02. The molecule has 0 N–H and O–H groups in total. The highest BCUT2D eigenvalue weighted by molar-refractivity contribution is 5.96. The summed E-state index contributed by atoms with van der Waals surface area (Å²) in [6.45, 7) is 1.79. The van der Waals surface area contributed by atoms with E-state index in [0.29, 0.717) is 12.0 Å². The van der Waals surface area contributed by atoms with Crippen LogP contribution in [0.4, 0.5) is 5.69 Å².